The van der Waals surface area contributed by atoms with Crippen LogP contribution >= 0.6 is 22.9 Å². The minimum atomic E-state index is -4.03. The van der Waals surface area contributed by atoms with Gasteiger partial charge in [-0.05, 0) is 48.4 Å². The molecule has 1 aromatic heterocycles. The van der Waals surface area contributed by atoms with Crippen LogP contribution in [0.3, 0.4) is 0 Å². The Hall–Kier alpha value is -3.21. The number of nitro groups is 1. The van der Waals surface area contributed by atoms with Crippen molar-refractivity contribution in [3.63, 3.8) is 0 Å². The number of fused-ring (bicyclic) bond motifs is 1. The number of hydrogen-bond donors (Lipinski definition) is 1. The van der Waals surface area contributed by atoms with Crippen molar-refractivity contribution in [2.45, 2.75) is 18.4 Å². The number of rotatable bonds is 6. The molecule has 0 aliphatic rings. The van der Waals surface area contributed by atoms with Gasteiger partial charge < -0.3 is 0 Å². The normalized spacial score (nSPS) is 11.6. The van der Waals surface area contributed by atoms with Crippen LogP contribution < -0.4 is 9.60 Å². The Labute approximate surface area is 191 Å². The maximum atomic E-state index is 12.9. The highest BCUT2D eigenvalue weighted by atomic mass is 35.5. The Morgan fingerprint density at radius 3 is 2.50 bits per heavy atom. The summed E-state index contributed by atoms with van der Waals surface area (Å²) < 4.78 is 30.3. The van der Waals surface area contributed by atoms with Crippen LogP contribution in [-0.2, 0) is 16.6 Å². The summed E-state index contributed by atoms with van der Waals surface area (Å²) in [5.41, 5.74) is 1.93. The minimum absolute atomic E-state index is 0.0456. The number of benzene rings is 3. The predicted molar refractivity (Wildman–Crippen MR) is 125 cm³/mol. The molecule has 0 radical (unpaired) electrons. The predicted octanol–water partition coefficient (Wildman–Crippen LogP) is 4.78. The molecule has 0 bridgehead atoms. The molecule has 0 fully saturated rings. The number of sulfonamides is 1. The van der Waals surface area contributed by atoms with Crippen molar-refractivity contribution < 1.29 is 13.3 Å². The van der Waals surface area contributed by atoms with Crippen LogP contribution in [0.25, 0.3) is 10.2 Å². The lowest BCUT2D eigenvalue weighted by atomic mass is 10.2. The SMILES string of the molecule is Cc1ccc([N+](=O)[O-])cc1NS(=O)(=O)c1ccc2c(c1)sc(=O)n2Cc1ccc(Cl)cc1. The van der Waals surface area contributed by atoms with Gasteiger partial charge in [-0.1, -0.05) is 41.1 Å². The zero-order valence-electron chi connectivity index (χ0n) is 16.6. The molecule has 1 heterocycles. The van der Waals surface area contributed by atoms with Gasteiger partial charge >= 0.3 is 4.87 Å². The molecule has 0 unspecified atom stereocenters. The van der Waals surface area contributed by atoms with Crippen molar-refractivity contribution in [1.82, 2.24) is 4.57 Å². The number of anilines is 1. The van der Waals surface area contributed by atoms with E-state index in [-0.39, 0.29) is 21.1 Å². The molecule has 0 saturated carbocycles. The smallest absolute Gasteiger partial charge is 0.294 e. The van der Waals surface area contributed by atoms with Crippen LogP contribution in [0.15, 0.2) is 70.4 Å². The van der Waals surface area contributed by atoms with Gasteiger partial charge in [0.25, 0.3) is 15.7 Å². The number of non-ortho nitro benzene ring substituents is 1. The number of nitrogens with one attached hydrogen (secondary N) is 1. The number of hydrogen-bond acceptors (Lipinski definition) is 6. The molecular weight excluding hydrogens is 474 g/mol. The number of nitro benzene ring substituents is 1. The summed E-state index contributed by atoms with van der Waals surface area (Å²) in [6.07, 6.45) is 0. The van der Waals surface area contributed by atoms with Crippen LogP contribution in [0.2, 0.25) is 5.02 Å². The molecule has 4 rings (SSSR count). The van der Waals surface area contributed by atoms with Crippen LogP contribution in [-0.4, -0.2) is 17.9 Å². The van der Waals surface area contributed by atoms with Crippen molar-refractivity contribution in [2.75, 3.05) is 4.72 Å². The largest absolute Gasteiger partial charge is 0.308 e. The maximum Gasteiger partial charge on any atom is 0.308 e. The molecule has 3 aromatic carbocycles. The van der Waals surface area contributed by atoms with Gasteiger partial charge in [-0.2, -0.15) is 0 Å². The lowest BCUT2D eigenvalue weighted by Gasteiger charge is -2.11. The van der Waals surface area contributed by atoms with Crippen molar-refractivity contribution in [2.24, 2.45) is 0 Å². The van der Waals surface area contributed by atoms with E-state index in [1.54, 1.807) is 29.7 Å². The lowest BCUT2D eigenvalue weighted by Crippen LogP contribution is -2.14. The zero-order chi connectivity index (χ0) is 23.0. The average Bonchev–Trinajstić information content (AvgIpc) is 3.05. The number of halogens is 1. The molecular formula is C21H16ClN3O5S2. The summed E-state index contributed by atoms with van der Waals surface area (Å²) >= 11 is 6.86. The summed E-state index contributed by atoms with van der Waals surface area (Å²) in [4.78, 5) is 22.7. The molecule has 11 heteroatoms. The summed E-state index contributed by atoms with van der Waals surface area (Å²) in [5.74, 6) is 0. The second kappa shape index (κ2) is 8.38. The van der Waals surface area contributed by atoms with Crippen LogP contribution in [0, 0.1) is 17.0 Å². The number of thiazole rings is 1. The van der Waals surface area contributed by atoms with Crippen LogP contribution in [0.4, 0.5) is 11.4 Å². The summed E-state index contributed by atoms with van der Waals surface area (Å²) in [7, 11) is -4.03. The second-order valence-electron chi connectivity index (χ2n) is 7.07. The zero-order valence-corrected chi connectivity index (χ0v) is 19.0. The molecule has 0 amide bonds. The van der Waals surface area contributed by atoms with Gasteiger partial charge in [0.05, 0.1) is 32.3 Å². The third kappa shape index (κ3) is 4.38. The van der Waals surface area contributed by atoms with E-state index >= 15 is 0 Å². The Kier molecular flexibility index (Phi) is 5.76. The molecule has 0 spiro atoms. The molecule has 0 aliphatic carbocycles. The highest BCUT2D eigenvalue weighted by Crippen LogP contribution is 2.27. The van der Waals surface area contributed by atoms with Crippen molar-refractivity contribution in [1.29, 1.82) is 0 Å². The van der Waals surface area contributed by atoms with Crippen molar-refractivity contribution in [3.05, 3.63) is 96.6 Å². The second-order valence-corrected chi connectivity index (χ2v) is 10.2. The fourth-order valence-corrected chi connectivity index (χ4v) is 5.45. The summed E-state index contributed by atoms with van der Waals surface area (Å²) in [6.45, 7) is 1.97. The molecule has 1 N–H and O–H groups in total. The molecule has 32 heavy (non-hydrogen) atoms. The van der Waals surface area contributed by atoms with E-state index in [9.17, 15) is 23.3 Å². The third-order valence-electron chi connectivity index (χ3n) is 4.88. The highest BCUT2D eigenvalue weighted by Gasteiger charge is 2.19. The number of nitrogens with zero attached hydrogens (tertiary/aromatic N) is 2. The fourth-order valence-electron chi connectivity index (χ4n) is 3.17. The first-order valence-electron chi connectivity index (χ1n) is 9.30. The van der Waals surface area contributed by atoms with Gasteiger partial charge in [0.1, 0.15) is 0 Å². The Balaban J connectivity index is 1.68. The van der Waals surface area contributed by atoms with Crippen LogP contribution in [0.1, 0.15) is 11.1 Å². The Morgan fingerprint density at radius 2 is 1.81 bits per heavy atom. The summed E-state index contributed by atoms with van der Waals surface area (Å²) in [5, 5.41) is 11.6. The van der Waals surface area contributed by atoms with E-state index in [2.05, 4.69) is 4.72 Å². The molecule has 164 valence electrons. The maximum absolute atomic E-state index is 12.9. The van der Waals surface area contributed by atoms with Gasteiger partial charge in [-0.3, -0.25) is 24.2 Å². The fraction of sp³-hybridized carbons (Fsp3) is 0.0952. The van der Waals surface area contributed by atoms with E-state index in [0.717, 1.165) is 16.9 Å². The lowest BCUT2D eigenvalue weighted by molar-refractivity contribution is -0.384. The molecule has 0 saturated heterocycles. The first kappa shape index (κ1) is 22.0. The molecule has 8 nitrogen and oxygen atoms in total. The van der Waals surface area contributed by atoms with E-state index in [4.69, 9.17) is 11.6 Å². The number of aryl methyl sites for hydroxylation is 1. The van der Waals surface area contributed by atoms with Gasteiger partial charge in [0.2, 0.25) is 0 Å². The van der Waals surface area contributed by atoms with Gasteiger partial charge in [0.15, 0.2) is 0 Å². The van der Waals surface area contributed by atoms with E-state index in [0.29, 0.717) is 27.3 Å². The van der Waals surface area contributed by atoms with Crippen molar-refractivity contribution >= 4 is 54.6 Å². The standard InChI is InChI=1S/C21H16ClN3O5S2/c1-13-2-7-16(25(27)28)10-18(13)23-32(29,30)17-8-9-19-20(11-17)31-21(26)24(19)12-14-3-5-15(22)6-4-14/h2-11,23H,12H2,1H3. The van der Waals surface area contributed by atoms with Gasteiger partial charge in [-0.25, -0.2) is 8.42 Å². The van der Waals surface area contributed by atoms with Crippen LogP contribution in [0.5, 0.6) is 0 Å². The highest BCUT2D eigenvalue weighted by molar-refractivity contribution is 7.92. The van der Waals surface area contributed by atoms with E-state index in [1.807, 2.05) is 12.1 Å². The van der Waals surface area contributed by atoms with E-state index < -0.39 is 14.9 Å². The molecule has 0 atom stereocenters. The van der Waals surface area contributed by atoms with Gasteiger partial charge in [0, 0.05) is 17.2 Å². The first-order chi connectivity index (χ1) is 15.1. The topological polar surface area (TPSA) is 111 Å². The Morgan fingerprint density at radius 1 is 1.09 bits per heavy atom. The first-order valence-corrected chi connectivity index (χ1v) is 12.0. The number of aromatic nitrogens is 1. The summed E-state index contributed by atoms with van der Waals surface area (Å²) in [6, 6.07) is 15.5. The van der Waals surface area contributed by atoms with E-state index in [1.165, 1.54) is 30.3 Å². The van der Waals surface area contributed by atoms with Crippen molar-refractivity contribution in [3.8, 4) is 0 Å². The quantitative estimate of drug-likeness (QED) is 0.309. The Bertz CT molecular complexity index is 1510. The molecule has 4 aromatic rings. The third-order valence-corrected chi connectivity index (χ3v) is 7.44. The minimum Gasteiger partial charge on any atom is -0.294 e. The average molecular weight is 490 g/mol. The monoisotopic (exact) mass is 489 g/mol. The van der Waals surface area contributed by atoms with Gasteiger partial charge in [-0.15, -0.1) is 0 Å². The molecule has 0 aliphatic heterocycles.